The molecule has 4 amide bonds. The maximum Gasteiger partial charge on any atom is 0.257 e. The molecule has 21 heteroatoms. The number of fused-ring (bicyclic) bond motifs is 1. The van der Waals surface area contributed by atoms with E-state index >= 15 is 0 Å². The summed E-state index contributed by atoms with van der Waals surface area (Å²) >= 11 is 7.94. The number of rotatable bonds is 23. The number of aryl methyl sites for hydroxylation is 1. The Bertz CT molecular complexity index is 2680. The second-order valence-corrected chi connectivity index (χ2v) is 21.2. The molecule has 2 fully saturated rings. The molecule has 7 rings (SSSR count). The third-order valence-electron chi connectivity index (χ3n) is 13.4. The van der Waals surface area contributed by atoms with Gasteiger partial charge in [0.1, 0.15) is 60.0 Å². The molecule has 2 saturated heterocycles. The van der Waals surface area contributed by atoms with E-state index in [4.69, 9.17) is 26.8 Å². The highest BCUT2D eigenvalue weighted by atomic mass is 35.5. The Morgan fingerprint density at radius 2 is 1.63 bits per heavy atom. The minimum absolute atomic E-state index is 0.00942. The number of benzene rings is 2. The number of aromatic nitrogens is 4. The zero-order valence-corrected chi connectivity index (χ0v) is 43.3. The maximum atomic E-state index is 14.0. The largest absolute Gasteiger partial charge is 0.482 e. The van der Waals surface area contributed by atoms with Crippen LogP contribution in [-0.2, 0) is 30.5 Å². The van der Waals surface area contributed by atoms with E-state index in [-0.39, 0.29) is 72.8 Å². The third-order valence-corrected chi connectivity index (χ3v) is 14.7. The standard InChI is InChI=1S/C52H68ClN9O10S/c1-30-45(73-29-59-30)32-16-14-31(15-17-32)25-56-49(69)37-24-34(63)26-62(37)50(70)46(52(2,3)4)60-39(64)13-11-9-7-5-6-8-10-12-21-55-40(65)27-71-38-23-33(18-19-36(38)53)41(66)44-42(67)43(68)51(72-44)61-22-20-35-47(54)57-28-58-48(35)61/h14-20,22-23,28-29,34,37,41-44,46,51,63,66-68H,5-13,21,24-27H2,1-4H3,(H,55,65)(H,56,69)(H,60,64)(H2,54,57,58)/t34-,37+,41-,42+,43-,44-,46-,51-/m1/s1. The predicted molar refractivity (Wildman–Crippen MR) is 276 cm³/mol. The van der Waals surface area contributed by atoms with Gasteiger partial charge in [0.15, 0.2) is 12.8 Å². The van der Waals surface area contributed by atoms with Crippen molar-refractivity contribution in [3.63, 3.8) is 0 Å². The molecule has 394 valence electrons. The van der Waals surface area contributed by atoms with Crippen molar-refractivity contribution in [1.82, 2.24) is 40.4 Å². The molecule has 0 aliphatic carbocycles. The third kappa shape index (κ3) is 13.9. The molecule has 2 aliphatic heterocycles. The fourth-order valence-corrected chi connectivity index (χ4v) is 10.3. The van der Waals surface area contributed by atoms with E-state index in [1.165, 1.54) is 27.9 Å². The molecule has 0 unspecified atom stereocenters. The molecular formula is C52H68ClN9O10S. The summed E-state index contributed by atoms with van der Waals surface area (Å²) in [6, 6.07) is 12.3. The second kappa shape index (κ2) is 25.0. The molecule has 0 spiro atoms. The summed E-state index contributed by atoms with van der Waals surface area (Å²) in [5.74, 6) is -0.913. The van der Waals surface area contributed by atoms with E-state index < -0.39 is 54.2 Å². The lowest BCUT2D eigenvalue weighted by Gasteiger charge is -2.35. The number of nitrogens with two attached hydrogens (primary N) is 1. The highest BCUT2D eigenvalue weighted by Crippen LogP contribution is 2.39. The Labute approximate surface area is 433 Å². The molecule has 19 nitrogen and oxygen atoms in total. The molecule has 0 radical (unpaired) electrons. The van der Waals surface area contributed by atoms with Crippen molar-refractivity contribution in [2.75, 3.05) is 25.4 Å². The molecule has 73 heavy (non-hydrogen) atoms. The van der Waals surface area contributed by atoms with Crippen LogP contribution in [0.15, 0.2) is 66.6 Å². The van der Waals surface area contributed by atoms with Crippen molar-refractivity contribution >= 4 is 63.4 Å². The number of carbonyl (C=O) groups is 4. The molecule has 9 N–H and O–H groups in total. The summed E-state index contributed by atoms with van der Waals surface area (Å²) in [6.45, 7) is 8.01. The average Bonchev–Trinajstić information content (AvgIpc) is 4.16. The molecule has 5 aromatic rings. The number of hydrogen-bond acceptors (Lipinski definition) is 15. The smallest absolute Gasteiger partial charge is 0.257 e. The number of likely N-dealkylation sites (tertiary alicyclic amines) is 1. The minimum atomic E-state index is -1.46. The fourth-order valence-electron chi connectivity index (χ4n) is 9.28. The Kier molecular flexibility index (Phi) is 18.8. The molecule has 0 bridgehead atoms. The Hall–Kier alpha value is -5.74. The van der Waals surface area contributed by atoms with Crippen molar-refractivity contribution in [2.24, 2.45) is 5.41 Å². The number of carbonyl (C=O) groups excluding carboxylic acids is 4. The molecule has 2 aliphatic rings. The Morgan fingerprint density at radius 1 is 0.918 bits per heavy atom. The first-order chi connectivity index (χ1) is 34.9. The molecular weight excluding hydrogens is 978 g/mol. The van der Waals surface area contributed by atoms with E-state index in [1.54, 1.807) is 29.7 Å². The first-order valence-corrected chi connectivity index (χ1v) is 26.2. The molecule has 0 saturated carbocycles. The SMILES string of the molecule is Cc1ncsc1-c1ccc(CNC(=O)[C@@H]2C[C@@H](O)CN2C(=O)[C@@H](NC(=O)CCCCCCCCCCNC(=O)COc2cc([C@@H](O)[C@H]3O[C@@H](n4ccc5c(N)ncnc54)[C@H](O)[C@@H]3O)ccc2Cl)C(C)(C)C)cc1. The first-order valence-electron chi connectivity index (χ1n) is 24.9. The monoisotopic (exact) mass is 1050 g/mol. The van der Waals surface area contributed by atoms with Crippen LogP contribution in [0.2, 0.25) is 5.02 Å². The van der Waals surface area contributed by atoms with Crippen molar-refractivity contribution in [3.8, 4) is 16.2 Å². The van der Waals surface area contributed by atoms with Gasteiger partial charge in [-0.15, -0.1) is 11.3 Å². The van der Waals surface area contributed by atoms with Gasteiger partial charge in [-0.1, -0.05) is 101 Å². The maximum absolute atomic E-state index is 14.0. The average molecular weight is 1050 g/mol. The van der Waals surface area contributed by atoms with Gasteiger partial charge < -0.3 is 61.1 Å². The van der Waals surface area contributed by atoms with Crippen LogP contribution in [0.1, 0.15) is 114 Å². The summed E-state index contributed by atoms with van der Waals surface area (Å²) in [7, 11) is 0. The van der Waals surface area contributed by atoms with Gasteiger partial charge in [-0.05, 0) is 60.1 Å². The summed E-state index contributed by atoms with van der Waals surface area (Å²) < 4.78 is 13.2. The Morgan fingerprint density at radius 3 is 2.33 bits per heavy atom. The van der Waals surface area contributed by atoms with Crippen LogP contribution in [0.4, 0.5) is 5.82 Å². The number of hydrogen-bond donors (Lipinski definition) is 8. The van der Waals surface area contributed by atoms with Gasteiger partial charge in [-0.2, -0.15) is 0 Å². The number of nitrogen functional groups attached to an aromatic ring is 1. The number of ether oxygens (including phenoxy) is 2. The van der Waals surface area contributed by atoms with E-state index in [1.807, 2.05) is 57.5 Å². The topological polar surface area (TPSA) is 277 Å². The molecule has 8 atom stereocenters. The lowest BCUT2D eigenvalue weighted by atomic mass is 9.85. The number of halogens is 1. The van der Waals surface area contributed by atoms with Gasteiger partial charge in [0, 0.05) is 38.7 Å². The number of nitrogens with one attached hydrogen (secondary N) is 3. The predicted octanol–water partition coefficient (Wildman–Crippen LogP) is 5.27. The van der Waals surface area contributed by atoms with Gasteiger partial charge in [0.05, 0.1) is 32.6 Å². The molecule has 5 heterocycles. The summed E-state index contributed by atoms with van der Waals surface area (Å²) in [5, 5.41) is 53.1. The van der Waals surface area contributed by atoms with Crippen LogP contribution in [0.5, 0.6) is 5.75 Å². The number of amides is 4. The number of unbranched alkanes of at least 4 members (excludes halogenated alkanes) is 7. The fraction of sp³-hybridized carbons (Fsp3) is 0.519. The minimum Gasteiger partial charge on any atom is -0.482 e. The van der Waals surface area contributed by atoms with E-state index in [0.717, 1.165) is 66.6 Å². The highest BCUT2D eigenvalue weighted by molar-refractivity contribution is 7.13. The normalized spacial score (nSPS) is 20.8. The van der Waals surface area contributed by atoms with Crippen LogP contribution >= 0.6 is 22.9 Å². The van der Waals surface area contributed by atoms with Gasteiger partial charge in [-0.3, -0.25) is 19.2 Å². The lowest BCUT2D eigenvalue weighted by molar-refractivity contribution is -0.144. The lowest BCUT2D eigenvalue weighted by Crippen LogP contribution is -2.57. The van der Waals surface area contributed by atoms with Crippen LogP contribution in [0, 0.1) is 12.3 Å². The first kappa shape index (κ1) is 55.0. The zero-order chi connectivity index (χ0) is 52.4. The van der Waals surface area contributed by atoms with Crippen molar-refractivity contribution in [1.29, 1.82) is 0 Å². The van der Waals surface area contributed by atoms with E-state index in [2.05, 4.69) is 30.9 Å². The van der Waals surface area contributed by atoms with Crippen LogP contribution in [0.3, 0.4) is 0 Å². The quantitative estimate of drug-likeness (QED) is 0.0388. The van der Waals surface area contributed by atoms with Crippen molar-refractivity contribution in [3.05, 3.63) is 88.4 Å². The molecule has 3 aromatic heterocycles. The number of thiazole rings is 1. The zero-order valence-electron chi connectivity index (χ0n) is 41.7. The van der Waals surface area contributed by atoms with Gasteiger partial charge in [0.2, 0.25) is 17.7 Å². The van der Waals surface area contributed by atoms with Crippen molar-refractivity contribution < 1.29 is 49.1 Å². The number of aliphatic hydroxyl groups excluding tert-OH is 4. The van der Waals surface area contributed by atoms with E-state index in [9.17, 15) is 39.6 Å². The summed E-state index contributed by atoms with van der Waals surface area (Å²) in [4.78, 5) is 68.3. The summed E-state index contributed by atoms with van der Waals surface area (Å²) in [6.07, 6.45) is 3.05. The number of anilines is 1. The summed E-state index contributed by atoms with van der Waals surface area (Å²) in [5.41, 5.74) is 10.7. The molecule has 2 aromatic carbocycles. The number of β-amino-alcohol motifs (C(OH)–C–C–N with tert-alkyl or cyclic N) is 1. The van der Waals surface area contributed by atoms with Gasteiger partial charge >= 0.3 is 0 Å². The van der Waals surface area contributed by atoms with Crippen LogP contribution < -0.4 is 26.4 Å². The highest BCUT2D eigenvalue weighted by Gasteiger charge is 2.48. The Balaban J connectivity index is 0.750. The van der Waals surface area contributed by atoms with Crippen molar-refractivity contribution in [2.45, 2.75) is 147 Å². The van der Waals surface area contributed by atoms with Crippen LogP contribution in [0.25, 0.3) is 21.5 Å². The second-order valence-electron chi connectivity index (χ2n) is 20.0. The van der Waals surface area contributed by atoms with Gasteiger partial charge in [0.25, 0.3) is 5.91 Å². The van der Waals surface area contributed by atoms with Crippen LogP contribution in [-0.4, -0.2) is 125 Å². The number of aliphatic hydroxyl groups is 4. The number of nitrogens with zero attached hydrogens (tertiary/aromatic N) is 5. The van der Waals surface area contributed by atoms with Gasteiger partial charge in [-0.25, -0.2) is 15.0 Å². The van der Waals surface area contributed by atoms with E-state index in [0.29, 0.717) is 29.6 Å².